The molecular weight excluding hydrogens is 268 g/mol. The van der Waals surface area contributed by atoms with E-state index in [0.717, 1.165) is 34.4 Å². The molecule has 0 fully saturated rings. The molecule has 0 aliphatic heterocycles. The third-order valence-electron chi connectivity index (χ3n) is 2.41. The Labute approximate surface area is 102 Å². The van der Waals surface area contributed by atoms with Gasteiger partial charge in [0.05, 0.1) is 6.07 Å². The van der Waals surface area contributed by atoms with Crippen LogP contribution in [0.2, 0.25) is 0 Å². The van der Waals surface area contributed by atoms with Gasteiger partial charge in [-0.2, -0.15) is 5.26 Å². The molecule has 0 saturated carbocycles. The minimum atomic E-state index is 0.565. The molecule has 16 heavy (non-hydrogen) atoms. The van der Waals surface area contributed by atoms with E-state index >= 15 is 0 Å². The fourth-order valence-electron chi connectivity index (χ4n) is 1.68. The van der Waals surface area contributed by atoms with Crippen LogP contribution in [0.3, 0.4) is 0 Å². The topological polar surface area (TPSA) is 54.5 Å². The maximum atomic E-state index is 8.52. The molecule has 0 aliphatic rings. The molecule has 2 rings (SSSR count). The molecule has 0 saturated heterocycles. The minimum Gasteiger partial charge on any atom is -0.313 e. The van der Waals surface area contributed by atoms with Crippen LogP contribution in [0.1, 0.15) is 18.7 Å². The van der Waals surface area contributed by atoms with Crippen molar-refractivity contribution in [3.8, 4) is 6.07 Å². The predicted molar refractivity (Wildman–Crippen MR) is 64.8 cm³/mol. The highest BCUT2D eigenvalue weighted by atomic mass is 79.9. The van der Waals surface area contributed by atoms with E-state index in [0.29, 0.717) is 6.42 Å². The van der Waals surface area contributed by atoms with Crippen LogP contribution in [-0.4, -0.2) is 14.5 Å². The van der Waals surface area contributed by atoms with Crippen LogP contribution in [-0.2, 0) is 6.54 Å². The molecule has 0 radical (unpaired) electrons. The molecule has 2 aromatic heterocycles. The normalized spacial score (nSPS) is 10.6. The van der Waals surface area contributed by atoms with Crippen LogP contribution >= 0.6 is 15.9 Å². The van der Waals surface area contributed by atoms with E-state index in [1.54, 1.807) is 6.20 Å². The summed E-state index contributed by atoms with van der Waals surface area (Å²) in [4.78, 5) is 8.79. The molecular formula is C11H11BrN4. The Morgan fingerprint density at radius 3 is 3.12 bits per heavy atom. The van der Waals surface area contributed by atoms with Gasteiger partial charge < -0.3 is 4.57 Å². The lowest BCUT2D eigenvalue weighted by atomic mass is 10.3. The molecule has 82 valence electrons. The fraction of sp³-hybridized carbons (Fsp3) is 0.364. The predicted octanol–water partition coefficient (Wildman–Crippen LogP) is 2.81. The highest BCUT2D eigenvalue weighted by Crippen LogP contribution is 2.18. The molecule has 0 aliphatic carbocycles. The number of aryl methyl sites for hydroxylation is 2. The Kier molecular flexibility index (Phi) is 3.20. The number of imidazole rings is 1. The zero-order valence-electron chi connectivity index (χ0n) is 8.94. The summed E-state index contributed by atoms with van der Waals surface area (Å²) in [7, 11) is 0. The average molecular weight is 279 g/mol. The second-order valence-corrected chi connectivity index (χ2v) is 4.48. The number of hydrogen-bond acceptors (Lipinski definition) is 3. The SMILES string of the molecule is Cc1nc2cc(Br)cnc2n1CCCC#N. The molecule has 0 atom stereocenters. The molecule has 5 heteroatoms. The number of halogens is 1. The largest absolute Gasteiger partial charge is 0.313 e. The van der Waals surface area contributed by atoms with Gasteiger partial charge in [0.25, 0.3) is 0 Å². The maximum Gasteiger partial charge on any atom is 0.160 e. The first-order valence-corrected chi connectivity index (χ1v) is 5.87. The van der Waals surface area contributed by atoms with E-state index in [2.05, 4.69) is 36.5 Å². The number of fused-ring (bicyclic) bond motifs is 1. The van der Waals surface area contributed by atoms with Gasteiger partial charge in [-0.05, 0) is 35.3 Å². The standard InChI is InChI=1S/C11H11BrN4/c1-8-15-10-6-9(12)7-14-11(10)16(8)5-3-2-4-13/h6-7H,2-3,5H2,1H3. The molecule has 4 nitrogen and oxygen atoms in total. The molecule has 2 aromatic rings. The second-order valence-electron chi connectivity index (χ2n) is 3.57. The number of nitrogens with zero attached hydrogens (tertiary/aromatic N) is 4. The third-order valence-corrected chi connectivity index (χ3v) is 2.85. The van der Waals surface area contributed by atoms with Gasteiger partial charge in [-0.15, -0.1) is 0 Å². The summed E-state index contributed by atoms with van der Waals surface area (Å²) in [6, 6.07) is 4.10. The van der Waals surface area contributed by atoms with Gasteiger partial charge in [-0.3, -0.25) is 0 Å². The minimum absolute atomic E-state index is 0.565. The van der Waals surface area contributed by atoms with Crippen molar-refractivity contribution in [1.29, 1.82) is 5.26 Å². The Balaban J connectivity index is 2.37. The van der Waals surface area contributed by atoms with E-state index in [-0.39, 0.29) is 0 Å². The van der Waals surface area contributed by atoms with Crippen LogP contribution in [0.25, 0.3) is 11.2 Å². The molecule has 0 bridgehead atoms. The van der Waals surface area contributed by atoms with Crippen LogP contribution in [0, 0.1) is 18.3 Å². The van der Waals surface area contributed by atoms with E-state index in [1.165, 1.54) is 0 Å². The van der Waals surface area contributed by atoms with Crippen molar-refractivity contribution in [3.63, 3.8) is 0 Å². The van der Waals surface area contributed by atoms with Gasteiger partial charge in [0, 0.05) is 23.6 Å². The Morgan fingerprint density at radius 2 is 2.38 bits per heavy atom. The summed E-state index contributed by atoms with van der Waals surface area (Å²) in [5, 5.41) is 8.52. The first-order valence-electron chi connectivity index (χ1n) is 5.07. The zero-order chi connectivity index (χ0) is 11.5. The quantitative estimate of drug-likeness (QED) is 0.812. The van der Waals surface area contributed by atoms with Crippen molar-refractivity contribution in [1.82, 2.24) is 14.5 Å². The van der Waals surface area contributed by atoms with Gasteiger partial charge in [-0.1, -0.05) is 0 Å². The molecule has 0 aromatic carbocycles. The zero-order valence-corrected chi connectivity index (χ0v) is 10.5. The van der Waals surface area contributed by atoms with Gasteiger partial charge in [-0.25, -0.2) is 9.97 Å². The van der Waals surface area contributed by atoms with E-state index in [9.17, 15) is 0 Å². The molecule has 0 spiro atoms. The Morgan fingerprint density at radius 1 is 1.56 bits per heavy atom. The van der Waals surface area contributed by atoms with E-state index < -0.39 is 0 Å². The highest BCUT2D eigenvalue weighted by Gasteiger charge is 2.08. The molecule has 0 amide bonds. The summed E-state index contributed by atoms with van der Waals surface area (Å²) < 4.78 is 2.99. The summed E-state index contributed by atoms with van der Waals surface area (Å²) in [6.07, 6.45) is 3.17. The van der Waals surface area contributed by atoms with E-state index in [4.69, 9.17) is 5.26 Å². The maximum absolute atomic E-state index is 8.52. The summed E-state index contributed by atoms with van der Waals surface area (Å²) in [5.41, 5.74) is 1.78. The number of pyridine rings is 1. The Hall–Kier alpha value is -1.41. The lowest BCUT2D eigenvalue weighted by Crippen LogP contribution is -2.01. The highest BCUT2D eigenvalue weighted by molar-refractivity contribution is 9.10. The van der Waals surface area contributed by atoms with E-state index in [1.807, 2.05) is 13.0 Å². The number of unbranched alkanes of at least 4 members (excludes halogenated alkanes) is 1. The second kappa shape index (κ2) is 4.62. The lowest BCUT2D eigenvalue weighted by molar-refractivity contribution is 0.647. The lowest BCUT2D eigenvalue weighted by Gasteiger charge is -2.03. The smallest absolute Gasteiger partial charge is 0.160 e. The summed E-state index contributed by atoms with van der Waals surface area (Å²) >= 11 is 3.38. The van der Waals surface area contributed by atoms with Crippen molar-refractivity contribution in [2.24, 2.45) is 0 Å². The molecule has 2 heterocycles. The van der Waals surface area contributed by atoms with Crippen LogP contribution in [0.15, 0.2) is 16.7 Å². The average Bonchev–Trinajstić information content (AvgIpc) is 2.55. The van der Waals surface area contributed by atoms with Crippen molar-refractivity contribution >= 4 is 27.1 Å². The van der Waals surface area contributed by atoms with Gasteiger partial charge in [0.15, 0.2) is 5.65 Å². The number of hydrogen-bond donors (Lipinski definition) is 0. The van der Waals surface area contributed by atoms with Crippen LogP contribution in [0.4, 0.5) is 0 Å². The number of aromatic nitrogens is 3. The molecule has 0 N–H and O–H groups in total. The van der Waals surface area contributed by atoms with Crippen molar-refractivity contribution in [2.45, 2.75) is 26.3 Å². The van der Waals surface area contributed by atoms with Gasteiger partial charge in [0.2, 0.25) is 0 Å². The Bertz CT molecular complexity index is 553. The van der Waals surface area contributed by atoms with Crippen molar-refractivity contribution in [2.75, 3.05) is 0 Å². The first kappa shape index (κ1) is 11.1. The van der Waals surface area contributed by atoms with Crippen molar-refractivity contribution < 1.29 is 0 Å². The summed E-state index contributed by atoms with van der Waals surface area (Å²) in [5.74, 6) is 0.943. The third kappa shape index (κ3) is 2.07. The first-order chi connectivity index (χ1) is 7.72. The number of nitriles is 1. The number of rotatable bonds is 3. The van der Waals surface area contributed by atoms with Gasteiger partial charge in [0.1, 0.15) is 11.3 Å². The van der Waals surface area contributed by atoms with Crippen LogP contribution in [0.5, 0.6) is 0 Å². The van der Waals surface area contributed by atoms with Gasteiger partial charge >= 0.3 is 0 Å². The summed E-state index contributed by atoms with van der Waals surface area (Å²) in [6.45, 7) is 2.76. The van der Waals surface area contributed by atoms with Crippen molar-refractivity contribution in [3.05, 3.63) is 22.6 Å². The monoisotopic (exact) mass is 278 g/mol. The molecule has 0 unspecified atom stereocenters. The van der Waals surface area contributed by atoms with Crippen LogP contribution < -0.4 is 0 Å². The fourth-order valence-corrected chi connectivity index (χ4v) is 2.00.